The quantitative estimate of drug-likeness (QED) is 0.676. The smallest absolute Gasteiger partial charge is 0.387 e. The standard InChI is InChI=1S/C12H12F2N4O3/c1-7(17-11(15)10(6-16-17)18(19)20)8-3-2-4-9(5-8)21-12(13)14/h2-7,12H,15H2,1H3. The van der Waals surface area contributed by atoms with Gasteiger partial charge in [0.05, 0.1) is 11.0 Å². The van der Waals surface area contributed by atoms with Gasteiger partial charge in [0.25, 0.3) is 0 Å². The molecule has 0 aliphatic heterocycles. The second-order valence-electron chi connectivity index (χ2n) is 4.24. The molecule has 2 N–H and O–H groups in total. The molecule has 0 saturated heterocycles. The highest BCUT2D eigenvalue weighted by atomic mass is 19.3. The molecular weight excluding hydrogens is 286 g/mol. The van der Waals surface area contributed by atoms with E-state index in [0.717, 1.165) is 6.20 Å². The lowest BCUT2D eigenvalue weighted by Gasteiger charge is -2.15. The molecular formula is C12H12F2N4O3. The Morgan fingerprint density at radius 3 is 2.76 bits per heavy atom. The van der Waals surface area contributed by atoms with Crippen molar-refractivity contribution < 1.29 is 18.4 Å². The highest BCUT2D eigenvalue weighted by Crippen LogP contribution is 2.28. The number of aromatic nitrogens is 2. The van der Waals surface area contributed by atoms with Crippen LogP contribution >= 0.6 is 0 Å². The minimum atomic E-state index is -2.92. The van der Waals surface area contributed by atoms with Crippen molar-refractivity contribution in [1.29, 1.82) is 0 Å². The van der Waals surface area contributed by atoms with Gasteiger partial charge in [0, 0.05) is 0 Å². The van der Waals surface area contributed by atoms with E-state index in [4.69, 9.17) is 5.73 Å². The Morgan fingerprint density at radius 1 is 1.48 bits per heavy atom. The van der Waals surface area contributed by atoms with E-state index in [0.29, 0.717) is 5.56 Å². The van der Waals surface area contributed by atoms with E-state index in [1.54, 1.807) is 13.0 Å². The number of rotatable bonds is 5. The maximum Gasteiger partial charge on any atom is 0.387 e. The minimum Gasteiger partial charge on any atom is -0.435 e. The molecule has 21 heavy (non-hydrogen) atoms. The summed E-state index contributed by atoms with van der Waals surface area (Å²) >= 11 is 0. The number of nitrogen functional groups attached to an aromatic ring is 1. The summed E-state index contributed by atoms with van der Waals surface area (Å²) in [6.45, 7) is -1.24. The van der Waals surface area contributed by atoms with Crippen LogP contribution in [0, 0.1) is 10.1 Å². The summed E-state index contributed by atoms with van der Waals surface area (Å²) in [4.78, 5) is 10.1. The third kappa shape index (κ3) is 3.07. The zero-order valence-electron chi connectivity index (χ0n) is 10.9. The monoisotopic (exact) mass is 298 g/mol. The molecule has 0 spiro atoms. The van der Waals surface area contributed by atoms with Gasteiger partial charge in [0.1, 0.15) is 11.9 Å². The molecule has 0 saturated carbocycles. The van der Waals surface area contributed by atoms with E-state index in [1.165, 1.54) is 22.9 Å². The molecule has 2 rings (SSSR count). The molecule has 0 bridgehead atoms. The SMILES string of the molecule is CC(c1cccc(OC(F)F)c1)n1ncc([N+](=O)[O-])c1N. The summed E-state index contributed by atoms with van der Waals surface area (Å²) in [6, 6.07) is 5.52. The van der Waals surface area contributed by atoms with Crippen LogP contribution in [0.2, 0.25) is 0 Å². The first-order valence-corrected chi connectivity index (χ1v) is 5.92. The summed E-state index contributed by atoms with van der Waals surface area (Å²) in [5.41, 5.74) is 5.95. The molecule has 0 aliphatic rings. The van der Waals surface area contributed by atoms with Gasteiger partial charge in [0.2, 0.25) is 5.82 Å². The van der Waals surface area contributed by atoms with Crippen LogP contribution in [0.15, 0.2) is 30.5 Å². The largest absolute Gasteiger partial charge is 0.435 e. The van der Waals surface area contributed by atoms with Crippen LogP contribution in [0.4, 0.5) is 20.3 Å². The second kappa shape index (κ2) is 5.73. The van der Waals surface area contributed by atoms with Crippen LogP contribution in [-0.2, 0) is 0 Å². The molecule has 7 nitrogen and oxygen atoms in total. The summed E-state index contributed by atoms with van der Waals surface area (Å²) in [7, 11) is 0. The molecule has 1 heterocycles. The third-order valence-corrected chi connectivity index (χ3v) is 2.94. The fourth-order valence-corrected chi connectivity index (χ4v) is 1.90. The summed E-state index contributed by atoms with van der Waals surface area (Å²) in [5.74, 6) is -0.109. The van der Waals surface area contributed by atoms with Crippen molar-refractivity contribution in [1.82, 2.24) is 9.78 Å². The van der Waals surface area contributed by atoms with Crippen LogP contribution in [0.3, 0.4) is 0 Å². The lowest BCUT2D eigenvalue weighted by atomic mass is 10.1. The van der Waals surface area contributed by atoms with Crippen molar-refractivity contribution in [3.8, 4) is 5.75 Å². The van der Waals surface area contributed by atoms with E-state index in [1.807, 2.05) is 0 Å². The fourth-order valence-electron chi connectivity index (χ4n) is 1.90. The maximum absolute atomic E-state index is 12.2. The van der Waals surface area contributed by atoms with Crippen LogP contribution in [0.5, 0.6) is 5.75 Å². The molecule has 0 radical (unpaired) electrons. The second-order valence-corrected chi connectivity index (χ2v) is 4.24. The molecule has 1 atom stereocenters. The molecule has 2 aromatic rings. The van der Waals surface area contributed by atoms with E-state index in [-0.39, 0.29) is 17.3 Å². The van der Waals surface area contributed by atoms with Gasteiger partial charge in [-0.1, -0.05) is 12.1 Å². The third-order valence-electron chi connectivity index (χ3n) is 2.94. The molecule has 0 fully saturated rings. The van der Waals surface area contributed by atoms with E-state index in [9.17, 15) is 18.9 Å². The van der Waals surface area contributed by atoms with Crippen molar-refractivity contribution in [2.75, 3.05) is 5.73 Å². The number of alkyl halides is 2. The lowest BCUT2D eigenvalue weighted by molar-refractivity contribution is -0.384. The number of hydrogen-bond donors (Lipinski definition) is 1. The van der Waals surface area contributed by atoms with Crippen LogP contribution < -0.4 is 10.5 Å². The van der Waals surface area contributed by atoms with Crippen molar-refractivity contribution in [2.24, 2.45) is 0 Å². The lowest BCUT2D eigenvalue weighted by Crippen LogP contribution is -2.12. The number of nitrogens with zero attached hydrogens (tertiary/aromatic N) is 3. The number of hydrogen-bond acceptors (Lipinski definition) is 5. The Morgan fingerprint density at radius 2 is 2.19 bits per heavy atom. The first kappa shape index (κ1) is 14.7. The van der Waals surface area contributed by atoms with E-state index >= 15 is 0 Å². The van der Waals surface area contributed by atoms with Gasteiger partial charge < -0.3 is 10.5 Å². The van der Waals surface area contributed by atoms with Crippen molar-refractivity contribution >= 4 is 11.5 Å². The Kier molecular flexibility index (Phi) is 4.01. The van der Waals surface area contributed by atoms with Crippen LogP contribution in [0.1, 0.15) is 18.5 Å². The van der Waals surface area contributed by atoms with Crippen LogP contribution in [-0.4, -0.2) is 21.3 Å². The predicted molar refractivity (Wildman–Crippen MR) is 70.2 cm³/mol. The Labute approximate surface area is 118 Å². The van der Waals surface area contributed by atoms with Crippen molar-refractivity contribution in [3.63, 3.8) is 0 Å². The average molecular weight is 298 g/mol. The molecule has 1 aromatic carbocycles. The number of benzene rings is 1. The topological polar surface area (TPSA) is 96.2 Å². The molecule has 1 unspecified atom stereocenters. The normalized spacial score (nSPS) is 12.4. The number of halogens is 2. The van der Waals surface area contributed by atoms with Gasteiger partial charge in [-0.3, -0.25) is 10.1 Å². The minimum absolute atomic E-state index is 0.00502. The Bertz CT molecular complexity index is 660. The molecule has 1 aromatic heterocycles. The average Bonchev–Trinajstić information content (AvgIpc) is 2.79. The van der Waals surface area contributed by atoms with Gasteiger partial charge in [-0.2, -0.15) is 13.9 Å². The van der Waals surface area contributed by atoms with Gasteiger partial charge in [-0.15, -0.1) is 0 Å². The summed E-state index contributed by atoms with van der Waals surface area (Å²) in [5, 5.41) is 14.6. The van der Waals surface area contributed by atoms with Gasteiger partial charge in [-0.05, 0) is 24.6 Å². The van der Waals surface area contributed by atoms with Crippen LogP contribution in [0.25, 0.3) is 0 Å². The first-order chi connectivity index (χ1) is 9.90. The fraction of sp³-hybridized carbons (Fsp3) is 0.250. The zero-order valence-corrected chi connectivity index (χ0v) is 10.9. The number of ether oxygens (including phenoxy) is 1. The Hall–Kier alpha value is -2.71. The highest BCUT2D eigenvalue weighted by molar-refractivity contribution is 5.52. The Balaban J connectivity index is 2.31. The summed E-state index contributed by atoms with van der Waals surface area (Å²) in [6.07, 6.45) is 1.05. The highest BCUT2D eigenvalue weighted by Gasteiger charge is 2.21. The molecule has 112 valence electrons. The van der Waals surface area contributed by atoms with Gasteiger partial charge in [0.15, 0.2) is 0 Å². The number of nitro groups is 1. The molecule has 9 heteroatoms. The van der Waals surface area contributed by atoms with Crippen molar-refractivity contribution in [3.05, 3.63) is 46.1 Å². The van der Waals surface area contributed by atoms with E-state index < -0.39 is 17.6 Å². The summed E-state index contributed by atoms with van der Waals surface area (Å²) < 4.78 is 30.0. The molecule has 0 amide bonds. The first-order valence-electron chi connectivity index (χ1n) is 5.92. The van der Waals surface area contributed by atoms with Gasteiger partial charge >= 0.3 is 12.3 Å². The number of nitrogens with two attached hydrogens (primary N) is 1. The number of anilines is 1. The maximum atomic E-state index is 12.2. The zero-order chi connectivity index (χ0) is 15.6. The predicted octanol–water partition coefficient (Wildman–Crippen LogP) is 2.58. The molecule has 0 aliphatic carbocycles. The van der Waals surface area contributed by atoms with Gasteiger partial charge in [-0.25, -0.2) is 4.68 Å². The van der Waals surface area contributed by atoms with E-state index in [2.05, 4.69) is 9.84 Å². The van der Waals surface area contributed by atoms with Crippen molar-refractivity contribution in [2.45, 2.75) is 19.6 Å².